The monoisotopic (exact) mass is 448 g/mol. The number of aromatic nitrogens is 1. The maximum atomic E-state index is 12.7. The highest BCUT2D eigenvalue weighted by Crippen LogP contribution is 2.25. The Morgan fingerprint density at radius 3 is 2.67 bits per heavy atom. The molecule has 0 saturated carbocycles. The molecule has 8 heteroatoms. The van der Waals surface area contributed by atoms with Gasteiger partial charge in [-0.1, -0.05) is 30.3 Å². The molecule has 8 nitrogen and oxygen atoms in total. The molecule has 1 aliphatic rings. The van der Waals surface area contributed by atoms with Gasteiger partial charge in [-0.25, -0.2) is 0 Å². The van der Waals surface area contributed by atoms with Gasteiger partial charge in [0, 0.05) is 30.7 Å². The van der Waals surface area contributed by atoms with Crippen LogP contribution in [0, 0.1) is 6.92 Å². The summed E-state index contributed by atoms with van der Waals surface area (Å²) in [5.74, 6) is -0.651. The summed E-state index contributed by atoms with van der Waals surface area (Å²) in [4.78, 5) is 32.1. The third-order valence-corrected chi connectivity index (χ3v) is 5.72. The molecule has 172 valence electrons. The minimum atomic E-state index is -0.711. The Balaban J connectivity index is 1.47. The lowest BCUT2D eigenvalue weighted by atomic mass is 10.0. The van der Waals surface area contributed by atoms with Crippen LogP contribution >= 0.6 is 0 Å². The number of benzene rings is 2. The average molecular weight is 449 g/mol. The first-order valence-corrected chi connectivity index (χ1v) is 11.0. The number of pyridine rings is 1. The van der Waals surface area contributed by atoms with Crippen molar-refractivity contribution in [1.29, 1.82) is 0 Å². The van der Waals surface area contributed by atoms with Crippen molar-refractivity contribution in [1.82, 2.24) is 15.2 Å². The zero-order chi connectivity index (χ0) is 23.2. The Morgan fingerprint density at radius 1 is 1.09 bits per heavy atom. The van der Waals surface area contributed by atoms with E-state index in [1.165, 1.54) is 0 Å². The minimum absolute atomic E-state index is 0.107. The normalized spacial score (nSPS) is 15.1. The van der Waals surface area contributed by atoms with Crippen molar-refractivity contribution in [2.75, 3.05) is 45.3 Å². The minimum Gasteiger partial charge on any atom is -0.497 e. The highest BCUT2D eigenvalue weighted by molar-refractivity contribution is 6.40. The lowest BCUT2D eigenvalue weighted by Gasteiger charge is -2.35. The average Bonchev–Trinajstić information content (AvgIpc) is 2.84. The van der Waals surface area contributed by atoms with Gasteiger partial charge in [0.1, 0.15) is 5.75 Å². The molecule has 0 bridgehead atoms. The molecule has 4 rings (SSSR count). The Hall–Kier alpha value is -3.49. The molecule has 2 heterocycles. The molecule has 33 heavy (non-hydrogen) atoms. The molecule has 0 unspecified atom stereocenters. The van der Waals surface area contributed by atoms with E-state index in [1.54, 1.807) is 13.2 Å². The van der Waals surface area contributed by atoms with E-state index in [1.807, 2.05) is 55.5 Å². The fourth-order valence-corrected chi connectivity index (χ4v) is 4.06. The van der Waals surface area contributed by atoms with Crippen molar-refractivity contribution in [2.45, 2.75) is 13.0 Å². The van der Waals surface area contributed by atoms with Gasteiger partial charge < -0.3 is 20.1 Å². The topological polar surface area (TPSA) is 92.8 Å². The third-order valence-electron chi connectivity index (χ3n) is 5.72. The molecular weight excluding hydrogens is 420 g/mol. The van der Waals surface area contributed by atoms with Crippen LogP contribution in [0.3, 0.4) is 0 Å². The number of carbonyl (C=O) groups excluding carboxylic acids is 2. The number of ether oxygens (including phenoxy) is 2. The van der Waals surface area contributed by atoms with E-state index in [9.17, 15) is 9.59 Å². The van der Waals surface area contributed by atoms with E-state index in [0.29, 0.717) is 18.9 Å². The summed E-state index contributed by atoms with van der Waals surface area (Å²) < 4.78 is 10.9. The molecule has 1 saturated heterocycles. The molecule has 3 aromatic rings. The molecule has 0 spiro atoms. The Morgan fingerprint density at radius 2 is 1.88 bits per heavy atom. The molecule has 1 atom stereocenters. The molecule has 1 aromatic heterocycles. The predicted molar refractivity (Wildman–Crippen MR) is 126 cm³/mol. The zero-order valence-corrected chi connectivity index (χ0v) is 18.8. The van der Waals surface area contributed by atoms with Gasteiger partial charge in [-0.2, -0.15) is 0 Å². The SMILES string of the molecule is COc1cccc([C@@H](CNC(=O)C(=O)Nc2cc(C)nc3ccccc23)N2CCOCC2)c1. The van der Waals surface area contributed by atoms with Gasteiger partial charge in [0.05, 0.1) is 37.6 Å². The smallest absolute Gasteiger partial charge is 0.313 e. The molecule has 1 aliphatic heterocycles. The van der Waals surface area contributed by atoms with Crippen LogP contribution in [0.25, 0.3) is 10.9 Å². The quantitative estimate of drug-likeness (QED) is 0.564. The first-order valence-electron chi connectivity index (χ1n) is 11.0. The van der Waals surface area contributed by atoms with Crippen LogP contribution in [0.4, 0.5) is 5.69 Å². The predicted octanol–water partition coefficient (Wildman–Crippen LogP) is 2.68. The Bertz CT molecular complexity index is 1140. The number of morpholine rings is 1. The number of rotatable bonds is 6. The summed E-state index contributed by atoms with van der Waals surface area (Å²) in [6.07, 6.45) is 0. The first kappa shape index (κ1) is 22.7. The number of fused-ring (bicyclic) bond motifs is 1. The van der Waals surface area contributed by atoms with Crippen molar-refractivity contribution >= 4 is 28.4 Å². The Kier molecular flexibility index (Phi) is 7.16. The second-order valence-electron chi connectivity index (χ2n) is 7.93. The standard InChI is InChI=1S/C25H28N4O4/c1-17-14-22(20-8-3-4-9-21(20)27-17)28-25(31)24(30)26-16-23(29-10-12-33-13-11-29)18-6-5-7-19(15-18)32-2/h3-9,14-15,23H,10-13,16H2,1-2H3,(H,26,30)(H,27,28,31)/t23-/m1/s1. The summed E-state index contributed by atoms with van der Waals surface area (Å²) in [7, 11) is 1.62. The number of anilines is 1. The summed E-state index contributed by atoms with van der Waals surface area (Å²) in [6.45, 7) is 4.88. The second kappa shape index (κ2) is 10.4. The van der Waals surface area contributed by atoms with Crippen LogP contribution in [-0.2, 0) is 14.3 Å². The van der Waals surface area contributed by atoms with Gasteiger partial charge in [0.2, 0.25) is 0 Å². The number of carbonyl (C=O) groups is 2. The summed E-state index contributed by atoms with van der Waals surface area (Å²) in [5, 5.41) is 6.34. The first-order chi connectivity index (χ1) is 16.0. The molecular formula is C25H28N4O4. The number of nitrogens with zero attached hydrogens (tertiary/aromatic N) is 2. The van der Waals surface area contributed by atoms with Gasteiger partial charge in [-0.3, -0.25) is 19.5 Å². The van der Waals surface area contributed by atoms with Crippen molar-refractivity contribution in [3.05, 3.63) is 65.9 Å². The van der Waals surface area contributed by atoms with Gasteiger partial charge >= 0.3 is 11.8 Å². The maximum Gasteiger partial charge on any atom is 0.313 e. The van der Waals surface area contributed by atoms with Gasteiger partial charge in [0.15, 0.2) is 0 Å². The van der Waals surface area contributed by atoms with Crippen molar-refractivity contribution in [3.8, 4) is 5.75 Å². The molecule has 0 radical (unpaired) electrons. The van der Waals surface area contributed by atoms with E-state index in [2.05, 4.69) is 20.5 Å². The van der Waals surface area contributed by atoms with E-state index in [4.69, 9.17) is 9.47 Å². The van der Waals surface area contributed by atoms with Crippen LogP contribution in [0.2, 0.25) is 0 Å². The second-order valence-corrected chi connectivity index (χ2v) is 7.93. The van der Waals surface area contributed by atoms with Crippen LogP contribution in [0.1, 0.15) is 17.3 Å². The van der Waals surface area contributed by atoms with Crippen molar-refractivity contribution < 1.29 is 19.1 Å². The van der Waals surface area contributed by atoms with Crippen LogP contribution < -0.4 is 15.4 Å². The third kappa shape index (κ3) is 5.47. The number of para-hydroxylation sites is 1. The van der Waals surface area contributed by atoms with E-state index in [0.717, 1.165) is 41.0 Å². The fourth-order valence-electron chi connectivity index (χ4n) is 4.06. The number of amides is 2. The number of hydrogen-bond donors (Lipinski definition) is 2. The van der Waals surface area contributed by atoms with Crippen LogP contribution in [-0.4, -0.2) is 61.7 Å². The largest absolute Gasteiger partial charge is 0.497 e. The summed E-state index contributed by atoms with van der Waals surface area (Å²) in [6, 6.07) is 16.9. The summed E-state index contributed by atoms with van der Waals surface area (Å²) in [5.41, 5.74) is 3.09. The Labute approximate surface area is 192 Å². The lowest BCUT2D eigenvalue weighted by molar-refractivity contribution is -0.136. The lowest BCUT2D eigenvalue weighted by Crippen LogP contribution is -2.45. The zero-order valence-electron chi connectivity index (χ0n) is 18.8. The fraction of sp³-hybridized carbons (Fsp3) is 0.320. The highest BCUT2D eigenvalue weighted by Gasteiger charge is 2.25. The number of hydrogen-bond acceptors (Lipinski definition) is 6. The van der Waals surface area contributed by atoms with Gasteiger partial charge in [0.25, 0.3) is 0 Å². The van der Waals surface area contributed by atoms with Gasteiger partial charge in [-0.05, 0) is 36.8 Å². The van der Waals surface area contributed by atoms with Crippen molar-refractivity contribution in [2.24, 2.45) is 0 Å². The molecule has 0 aliphatic carbocycles. The van der Waals surface area contributed by atoms with Gasteiger partial charge in [-0.15, -0.1) is 0 Å². The molecule has 1 fully saturated rings. The van der Waals surface area contributed by atoms with Crippen LogP contribution in [0.15, 0.2) is 54.6 Å². The maximum absolute atomic E-state index is 12.7. The molecule has 2 amide bonds. The highest BCUT2D eigenvalue weighted by atomic mass is 16.5. The van der Waals surface area contributed by atoms with Crippen LogP contribution in [0.5, 0.6) is 5.75 Å². The number of aryl methyl sites for hydroxylation is 1. The van der Waals surface area contributed by atoms with E-state index >= 15 is 0 Å². The van der Waals surface area contributed by atoms with E-state index < -0.39 is 11.8 Å². The number of methoxy groups -OCH3 is 1. The number of nitrogens with one attached hydrogen (secondary N) is 2. The molecule has 2 N–H and O–H groups in total. The summed E-state index contributed by atoms with van der Waals surface area (Å²) >= 11 is 0. The van der Waals surface area contributed by atoms with E-state index in [-0.39, 0.29) is 12.6 Å². The molecule has 2 aromatic carbocycles. The van der Waals surface area contributed by atoms with Crippen molar-refractivity contribution in [3.63, 3.8) is 0 Å².